The van der Waals surface area contributed by atoms with Crippen LogP contribution in [0.25, 0.3) is 0 Å². The fourth-order valence-corrected chi connectivity index (χ4v) is 1.95. The van der Waals surface area contributed by atoms with E-state index in [9.17, 15) is 9.59 Å². The SMILES string of the molecule is COC(=O)CCCOc1ccc(CC(N)C(=O)OC(C)(C)C)cc1. The first-order valence-electron chi connectivity index (χ1n) is 7.98. The van der Waals surface area contributed by atoms with Crippen molar-refractivity contribution in [2.24, 2.45) is 5.73 Å². The maximum absolute atomic E-state index is 11.9. The molecule has 0 aromatic heterocycles. The van der Waals surface area contributed by atoms with Gasteiger partial charge in [0.1, 0.15) is 17.4 Å². The number of carbonyl (C=O) groups is 2. The minimum absolute atomic E-state index is 0.245. The number of rotatable bonds is 8. The predicted octanol–water partition coefficient (Wildman–Crippen LogP) is 2.23. The van der Waals surface area contributed by atoms with Crippen molar-refractivity contribution in [3.63, 3.8) is 0 Å². The van der Waals surface area contributed by atoms with Crippen molar-refractivity contribution in [2.75, 3.05) is 13.7 Å². The first-order chi connectivity index (χ1) is 11.2. The average molecular weight is 337 g/mol. The number of hydrogen-bond donors (Lipinski definition) is 1. The second-order valence-corrected chi connectivity index (χ2v) is 6.52. The molecule has 1 atom stereocenters. The van der Waals surface area contributed by atoms with E-state index in [0.717, 1.165) is 5.56 Å². The zero-order valence-corrected chi connectivity index (χ0v) is 14.8. The van der Waals surface area contributed by atoms with Gasteiger partial charge in [-0.25, -0.2) is 0 Å². The number of hydrogen-bond acceptors (Lipinski definition) is 6. The molecule has 24 heavy (non-hydrogen) atoms. The lowest BCUT2D eigenvalue weighted by molar-refractivity contribution is -0.156. The van der Waals surface area contributed by atoms with E-state index in [4.69, 9.17) is 15.2 Å². The van der Waals surface area contributed by atoms with E-state index in [0.29, 0.717) is 31.6 Å². The molecule has 0 aliphatic carbocycles. The molecule has 0 heterocycles. The summed E-state index contributed by atoms with van der Waals surface area (Å²) in [6.07, 6.45) is 1.33. The van der Waals surface area contributed by atoms with Crippen LogP contribution in [0.2, 0.25) is 0 Å². The third kappa shape index (κ3) is 7.97. The Morgan fingerprint density at radius 2 is 1.79 bits per heavy atom. The lowest BCUT2D eigenvalue weighted by Gasteiger charge is -2.22. The molecule has 1 aromatic rings. The summed E-state index contributed by atoms with van der Waals surface area (Å²) in [6, 6.07) is 6.65. The molecule has 2 N–H and O–H groups in total. The monoisotopic (exact) mass is 337 g/mol. The van der Waals surface area contributed by atoms with Crippen LogP contribution in [0.3, 0.4) is 0 Å². The maximum atomic E-state index is 11.9. The molecule has 6 heteroatoms. The van der Waals surface area contributed by atoms with Crippen LogP contribution in [-0.4, -0.2) is 37.3 Å². The largest absolute Gasteiger partial charge is 0.494 e. The van der Waals surface area contributed by atoms with Crippen molar-refractivity contribution >= 4 is 11.9 Å². The Hall–Kier alpha value is -2.08. The molecule has 1 unspecified atom stereocenters. The van der Waals surface area contributed by atoms with Gasteiger partial charge in [0.25, 0.3) is 0 Å². The number of methoxy groups -OCH3 is 1. The van der Waals surface area contributed by atoms with E-state index in [1.54, 1.807) is 0 Å². The van der Waals surface area contributed by atoms with Crippen molar-refractivity contribution in [1.82, 2.24) is 0 Å². The topological polar surface area (TPSA) is 87.9 Å². The van der Waals surface area contributed by atoms with Gasteiger partial charge in [-0.1, -0.05) is 12.1 Å². The van der Waals surface area contributed by atoms with Crippen LogP contribution in [0.5, 0.6) is 5.75 Å². The molecule has 0 saturated heterocycles. The summed E-state index contributed by atoms with van der Waals surface area (Å²) in [6.45, 7) is 5.86. The van der Waals surface area contributed by atoms with Gasteiger partial charge >= 0.3 is 11.9 Å². The van der Waals surface area contributed by atoms with Crippen LogP contribution in [0.4, 0.5) is 0 Å². The Balaban J connectivity index is 2.41. The van der Waals surface area contributed by atoms with Gasteiger partial charge in [-0.2, -0.15) is 0 Å². The van der Waals surface area contributed by atoms with Gasteiger partial charge in [-0.3, -0.25) is 9.59 Å². The van der Waals surface area contributed by atoms with Gasteiger partial charge in [0.15, 0.2) is 0 Å². The van der Waals surface area contributed by atoms with Crippen LogP contribution in [-0.2, 0) is 25.5 Å². The van der Waals surface area contributed by atoms with E-state index < -0.39 is 17.6 Å². The molecule has 1 aromatic carbocycles. The molecule has 0 saturated carbocycles. The zero-order valence-electron chi connectivity index (χ0n) is 14.8. The first kappa shape index (κ1) is 20.0. The third-order valence-electron chi connectivity index (χ3n) is 3.11. The van der Waals surface area contributed by atoms with E-state index in [-0.39, 0.29) is 5.97 Å². The van der Waals surface area contributed by atoms with Gasteiger partial charge in [0.05, 0.1) is 13.7 Å². The summed E-state index contributed by atoms with van der Waals surface area (Å²) >= 11 is 0. The quantitative estimate of drug-likeness (QED) is 0.578. The molecule has 0 fully saturated rings. The normalized spacial score (nSPS) is 12.4. The van der Waals surface area contributed by atoms with Gasteiger partial charge in [-0.15, -0.1) is 0 Å². The van der Waals surface area contributed by atoms with E-state index in [2.05, 4.69) is 4.74 Å². The number of carbonyl (C=O) groups excluding carboxylic acids is 2. The molecule has 0 radical (unpaired) electrons. The Morgan fingerprint density at radius 3 is 2.33 bits per heavy atom. The molecule has 0 aliphatic heterocycles. The fraction of sp³-hybridized carbons (Fsp3) is 0.556. The number of ether oxygens (including phenoxy) is 3. The predicted molar refractivity (Wildman–Crippen MR) is 90.7 cm³/mol. The smallest absolute Gasteiger partial charge is 0.323 e. The molecule has 134 valence electrons. The van der Waals surface area contributed by atoms with Crippen molar-refractivity contribution < 1.29 is 23.8 Å². The molecule has 0 bridgehead atoms. The van der Waals surface area contributed by atoms with Crippen LogP contribution >= 0.6 is 0 Å². The van der Waals surface area contributed by atoms with E-state index in [1.807, 2.05) is 45.0 Å². The zero-order chi connectivity index (χ0) is 18.2. The molecular formula is C18H27NO5. The minimum Gasteiger partial charge on any atom is -0.494 e. The summed E-state index contributed by atoms with van der Waals surface area (Å²) in [4.78, 5) is 22.9. The van der Waals surface area contributed by atoms with E-state index >= 15 is 0 Å². The molecule has 0 aliphatic rings. The highest BCUT2D eigenvalue weighted by Crippen LogP contribution is 2.15. The van der Waals surface area contributed by atoms with Crippen LogP contribution in [0, 0.1) is 0 Å². The second-order valence-electron chi connectivity index (χ2n) is 6.52. The summed E-state index contributed by atoms with van der Waals surface area (Å²) in [5.41, 5.74) is 6.27. The molecule has 1 rings (SSSR count). The van der Waals surface area contributed by atoms with Crippen molar-refractivity contribution in [1.29, 1.82) is 0 Å². The summed E-state index contributed by atoms with van der Waals surface area (Å²) < 4.78 is 15.4. The number of nitrogens with two attached hydrogens (primary N) is 1. The molecule has 0 amide bonds. The molecule has 0 spiro atoms. The molecular weight excluding hydrogens is 310 g/mol. The lowest BCUT2D eigenvalue weighted by Crippen LogP contribution is -2.38. The fourth-order valence-electron chi connectivity index (χ4n) is 1.95. The Morgan fingerprint density at radius 1 is 1.17 bits per heavy atom. The lowest BCUT2D eigenvalue weighted by atomic mass is 10.1. The van der Waals surface area contributed by atoms with Crippen LogP contribution < -0.4 is 10.5 Å². The van der Waals surface area contributed by atoms with Crippen LogP contribution in [0.1, 0.15) is 39.2 Å². The first-order valence-corrected chi connectivity index (χ1v) is 7.98. The van der Waals surface area contributed by atoms with Crippen molar-refractivity contribution in [3.05, 3.63) is 29.8 Å². The third-order valence-corrected chi connectivity index (χ3v) is 3.11. The summed E-state index contributed by atoms with van der Waals surface area (Å²) in [5.74, 6) is 0.0465. The number of esters is 2. The Bertz CT molecular complexity index is 533. The van der Waals surface area contributed by atoms with Gasteiger partial charge in [-0.05, 0) is 51.3 Å². The minimum atomic E-state index is -0.698. The van der Waals surface area contributed by atoms with Crippen molar-refractivity contribution in [2.45, 2.75) is 51.7 Å². The average Bonchev–Trinajstić information content (AvgIpc) is 2.51. The summed E-state index contributed by atoms with van der Waals surface area (Å²) in [7, 11) is 1.36. The standard InChI is InChI=1S/C18H27NO5/c1-18(2,3)24-17(21)15(19)12-13-7-9-14(10-8-13)23-11-5-6-16(20)22-4/h7-10,15H,5-6,11-12,19H2,1-4H3. The maximum Gasteiger partial charge on any atom is 0.323 e. The summed E-state index contributed by atoms with van der Waals surface area (Å²) in [5, 5.41) is 0. The highest BCUT2D eigenvalue weighted by atomic mass is 16.6. The Kier molecular flexibility index (Phi) is 7.71. The number of benzene rings is 1. The highest BCUT2D eigenvalue weighted by molar-refractivity contribution is 5.76. The second kappa shape index (κ2) is 9.27. The highest BCUT2D eigenvalue weighted by Gasteiger charge is 2.22. The van der Waals surface area contributed by atoms with Gasteiger partial charge in [0.2, 0.25) is 0 Å². The van der Waals surface area contributed by atoms with Crippen LogP contribution in [0.15, 0.2) is 24.3 Å². The molecule has 6 nitrogen and oxygen atoms in total. The van der Waals surface area contributed by atoms with Gasteiger partial charge in [0, 0.05) is 6.42 Å². The van der Waals surface area contributed by atoms with Gasteiger partial charge < -0.3 is 19.9 Å². The Labute approximate surface area is 143 Å². The van der Waals surface area contributed by atoms with E-state index in [1.165, 1.54) is 7.11 Å². The van der Waals surface area contributed by atoms with Crippen molar-refractivity contribution in [3.8, 4) is 5.75 Å².